The number of carbonyl (C=O) groups is 1. The predicted octanol–water partition coefficient (Wildman–Crippen LogP) is 1.37. The maximum Gasteiger partial charge on any atom is 0.340 e. The van der Waals surface area contributed by atoms with Crippen molar-refractivity contribution in [3.05, 3.63) is 24.0 Å². The molecule has 1 fully saturated rings. The molecule has 1 aromatic rings. The summed E-state index contributed by atoms with van der Waals surface area (Å²) in [4.78, 5) is 15.3. The Kier molecular flexibility index (Phi) is 2.35. The summed E-state index contributed by atoms with van der Waals surface area (Å²) in [6.45, 7) is 0. The lowest BCUT2D eigenvalue weighted by Gasteiger charge is -2.25. The van der Waals surface area contributed by atoms with Crippen molar-refractivity contribution in [3.63, 3.8) is 0 Å². The van der Waals surface area contributed by atoms with Crippen molar-refractivity contribution in [2.45, 2.75) is 25.4 Å². The first-order valence-electron chi connectivity index (χ1n) is 4.67. The standard InChI is InChI=1S/C10H12N2O2/c11-8-4-7(5-12-6-8)10(13)14-9-2-1-3-9/h4-6,9H,1-3,11H2. The van der Waals surface area contributed by atoms with E-state index in [2.05, 4.69) is 4.98 Å². The number of aromatic nitrogens is 1. The van der Waals surface area contributed by atoms with Crippen LogP contribution in [-0.2, 0) is 4.74 Å². The summed E-state index contributed by atoms with van der Waals surface area (Å²) in [5.74, 6) is -0.325. The minimum atomic E-state index is -0.325. The van der Waals surface area contributed by atoms with E-state index in [1.54, 1.807) is 6.07 Å². The number of ether oxygens (including phenoxy) is 1. The zero-order valence-corrected chi connectivity index (χ0v) is 7.77. The van der Waals surface area contributed by atoms with E-state index in [1.165, 1.54) is 12.4 Å². The summed E-state index contributed by atoms with van der Waals surface area (Å²) in [6, 6.07) is 1.58. The summed E-state index contributed by atoms with van der Waals surface area (Å²) in [6.07, 6.45) is 6.16. The monoisotopic (exact) mass is 192 g/mol. The van der Waals surface area contributed by atoms with Crippen LogP contribution in [0.2, 0.25) is 0 Å². The van der Waals surface area contributed by atoms with Gasteiger partial charge in [0, 0.05) is 12.4 Å². The molecule has 0 aromatic carbocycles. The minimum absolute atomic E-state index is 0.101. The smallest absolute Gasteiger partial charge is 0.340 e. The molecule has 0 unspecified atom stereocenters. The second kappa shape index (κ2) is 3.65. The van der Waals surface area contributed by atoms with E-state index < -0.39 is 0 Å². The first-order valence-corrected chi connectivity index (χ1v) is 4.67. The van der Waals surface area contributed by atoms with Crippen LogP contribution in [0.15, 0.2) is 18.5 Å². The van der Waals surface area contributed by atoms with Crippen LogP contribution in [0.5, 0.6) is 0 Å². The van der Waals surface area contributed by atoms with Crippen LogP contribution < -0.4 is 5.73 Å². The number of nitrogens with two attached hydrogens (primary N) is 1. The Morgan fingerprint density at radius 3 is 2.86 bits per heavy atom. The van der Waals surface area contributed by atoms with Gasteiger partial charge in [-0.2, -0.15) is 0 Å². The van der Waals surface area contributed by atoms with Crippen molar-refractivity contribution < 1.29 is 9.53 Å². The van der Waals surface area contributed by atoms with Gasteiger partial charge in [0.2, 0.25) is 0 Å². The highest BCUT2D eigenvalue weighted by molar-refractivity contribution is 5.90. The molecule has 0 amide bonds. The molecule has 1 aromatic heterocycles. The molecule has 1 saturated carbocycles. The van der Waals surface area contributed by atoms with Gasteiger partial charge in [-0.25, -0.2) is 4.79 Å². The number of carbonyl (C=O) groups excluding carboxylic acids is 1. The lowest BCUT2D eigenvalue weighted by atomic mass is 9.96. The number of esters is 1. The van der Waals surface area contributed by atoms with Gasteiger partial charge in [0.05, 0.1) is 11.3 Å². The number of anilines is 1. The molecule has 0 atom stereocenters. The quantitative estimate of drug-likeness (QED) is 0.719. The fraction of sp³-hybridized carbons (Fsp3) is 0.400. The fourth-order valence-electron chi connectivity index (χ4n) is 1.28. The maximum absolute atomic E-state index is 11.5. The second-order valence-corrected chi connectivity index (χ2v) is 3.47. The summed E-state index contributed by atoms with van der Waals surface area (Å²) in [5.41, 5.74) is 6.41. The van der Waals surface area contributed by atoms with Crippen LogP contribution in [-0.4, -0.2) is 17.1 Å². The average Bonchev–Trinajstić information content (AvgIpc) is 2.11. The molecule has 0 spiro atoms. The van der Waals surface area contributed by atoms with Crippen LogP contribution >= 0.6 is 0 Å². The van der Waals surface area contributed by atoms with Crippen LogP contribution in [0.3, 0.4) is 0 Å². The van der Waals surface area contributed by atoms with Gasteiger partial charge in [-0.3, -0.25) is 4.98 Å². The van der Waals surface area contributed by atoms with Gasteiger partial charge in [0.25, 0.3) is 0 Å². The summed E-state index contributed by atoms with van der Waals surface area (Å²) < 4.78 is 5.19. The first-order chi connectivity index (χ1) is 6.75. The molecule has 1 aliphatic rings. The Balaban J connectivity index is 2.02. The summed E-state index contributed by atoms with van der Waals surface area (Å²) in [7, 11) is 0. The molecule has 1 aliphatic carbocycles. The van der Waals surface area contributed by atoms with E-state index in [4.69, 9.17) is 10.5 Å². The van der Waals surface area contributed by atoms with E-state index in [9.17, 15) is 4.79 Å². The van der Waals surface area contributed by atoms with Crippen LogP contribution in [0.1, 0.15) is 29.6 Å². The van der Waals surface area contributed by atoms with E-state index in [0.29, 0.717) is 11.3 Å². The third-order valence-corrected chi connectivity index (χ3v) is 2.32. The SMILES string of the molecule is Nc1cncc(C(=O)OC2CCC2)c1. The van der Waals surface area contributed by atoms with Gasteiger partial charge in [-0.15, -0.1) is 0 Å². The van der Waals surface area contributed by atoms with Crippen molar-refractivity contribution in [3.8, 4) is 0 Å². The molecule has 14 heavy (non-hydrogen) atoms. The van der Waals surface area contributed by atoms with Gasteiger partial charge < -0.3 is 10.5 Å². The molecular weight excluding hydrogens is 180 g/mol. The van der Waals surface area contributed by atoms with Gasteiger partial charge in [0.1, 0.15) is 6.10 Å². The van der Waals surface area contributed by atoms with E-state index in [-0.39, 0.29) is 12.1 Å². The Morgan fingerprint density at radius 1 is 1.50 bits per heavy atom. The molecular formula is C10H12N2O2. The zero-order chi connectivity index (χ0) is 9.97. The number of nitrogen functional groups attached to an aromatic ring is 1. The Morgan fingerprint density at radius 2 is 2.29 bits per heavy atom. The lowest BCUT2D eigenvalue weighted by molar-refractivity contribution is 0.00897. The molecule has 4 nitrogen and oxygen atoms in total. The molecule has 0 aliphatic heterocycles. The first kappa shape index (κ1) is 8.99. The fourth-order valence-corrected chi connectivity index (χ4v) is 1.28. The second-order valence-electron chi connectivity index (χ2n) is 3.47. The van der Waals surface area contributed by atoms with E-state index in [1.807, 2.05) is 0 Å². The zero-order valence-electron chi connectivity index (χ0n) is 7.77. The van der Waals surface area contributed by atoms with Crippen molar-refractivity contribution >= 4 is 11.7 Å². The molecule has 2 N–H and O–H groups in total. The lowest BCUT2D eigenvalue weighted by Crippen LogP contribution is -2.25. The molecule has 4 heteroatoms. The van der Waals surface area contributed by atoms with Gasteiger partial charge in [-0.05, 0) is 25.3 Å². The van der Waals surface area contributed by atoms with Crippen LogP contribution in [0, 0.1) is 0 Å². The average molecular weight is 192 g/mol. The third kappa shape index (κ3) is 1.84. The largest absolute Gasteiger partial charge is 0.459 e. The molecule has 1 heterocycles. The maximum atomic E-state index is 11.5. The molecule has 74 valence electrons. The van der Waals surface area contributed by atoms with Gasteiger partial charge >= 0.3 is 5.97 Å². The normalized spacial score (nSPS) is 16.0. The topological polar surface area (TPSA) is 65.2 Å². The number of hydrogen-bond donors (Lipinski definition) is 1. The van der Waals surface area contributed by atoms with Gasteiger partial charge in [0.15, 0.2) is 0 Å². The molecule has 2 rings (SSSR count). The minimum Gasteiger partial charge on any atom is -0.459 e. The number of pyridine rings is 1. The van der Waals surface area contributed by atoms with Gasteiger partial charge in [-0.1, -0.05) is 0 Å². The summed E-state index contributed by atoms with van der Waals surface area (Å²) >= 11 is 0. The Bertz CT molecular complexity index is 348. The number of rotatable bonds is 2. The van der Waals surface area contributed by atoms with E-state index in [0.717, 1.165) is 19.3 Å². The summed E-state index contributed by atoms with van der Waals surface area (Å²) in [5, 5.41) is 0. The molecule has 0 bridgehead atoms. The molecule has 0 radical (unpaired) electrons. The number of hydrogen-bond acceptors (Lipinski definition) is 4. The highest BCUT2D eigenvalue weighted by Crippen LogP contribution is 2.23. The Hall–Kier alpha value is -1.58. The van der Waals surface area contributed by atoms with Crippen molar-refractivity contribution in [2.75, 3.05) is 5.73 Å². The van der Waals surface area contributed by atoms with Crippen LogP contribution in [0.4, 0.5) is 5.69 Å². The predicted molar refractivity (Wildman–Crippen MR) is 51.7 cm³/mol. The molecule has 0 saturated heterocycles. The number of nitrogens with zero attached hydrogens (tertiary/aromatic N) is 1. The third-order valence-electron chi connectivity index (χ3n) is 2.32. The highest BCUT2D eigenvalue weighted by Gasteiger charge is 2.22. The van der Waals surface area contributed by atoms with E-state index >= 15 is 0 Å². The highest BCUT2D eigenvalue weighted by atomic mass is 16.5. The van der Waals surface area contributed by atoms with Crippen LogP contribution in [0.25, 0.3) is 0 Å². The Labute approximate surface area is 82.1 Å². The van der Waals surface area contributed by atoms with Crippen molar-refractivity contribution in [2.24, 2.45) is 0 Å². The van der Waals surface area contributed by atoms with Crippen molar-refractivity contribution in [1.29, 1.82) is 0 Å². The van der Waals surface area contributed by atoms with Crippen molar-refractivity contribution in [1.82, 2.24) is 4.98 Å².